The highest BCUT2D eigenvalue weighted by Gasteiger charge is 2.37. The Bertz CT molecular complexity index is 351. The van der Waals surface area contributed by atoms with E-state index in [0.717, 1.165) is 11.1 Å². The summed E-state index contributed by atoms with van der Waals surface area (Å²) in [5.41, 5.74) is 7.68. The lowest BCUT2D eigenvalue weighted by Crippen LogP contribution is -2.29. The maximum absolute atomic E-state index is 10.6. The first-order chi connectivity index (χ1) is 6.20. The summed E-state index contributed by atoms with van der Waals surface area (Å²) in [5.74, 6) is 0. The highest BCUT2D eigenvalue weighted by atomic mass is 16.6. The molecule has 0 heterocycles. The molecule has 0 aliphatic heterocycles. The summed E-state index contributed by atoms with van der Waals surface area (Å²) in [5, 5.41) is 10.6. The number of hydrogen-bond donors (Lipinski definition) is 1. The smallest absolute Gasteiger partial charge is 0.236 e. The monoisotopic (exact) mass is 178 g/mol. The Morgan fingerprint density at radius 2 is 2.15 bits per heavy atom. The minimum absolute atomic E-state index is 0.287. The summed E-state index contributed by atoms with van der Waals surface area (Å²) < 4.78 is 0. The molecule has 13 heavy (non-hydrogen) atoms. The average Bonchev–Trinajstić information content (AvgIpc) is 2.45. The second-order valence-electron chi connectivity index (χ2n) is 3.28. The lowest BCUT2D eigenvalue weighted by Gasteiger charge is -2.06. The molecule has 0 saturated carbocycles. The third-order valence-corrected chi connectivity index (χ3v) is 2.53. The molecule has 0 fully saturated rings. The van der Waals surface area contributed by atoms with E-state index in [1.165, 1.54) is 0 Å². The fourth-order valence-corrected chi connectivity index (χ4v) is 1.81. The zero-order valence-electron chi connectivity index (χ0n) is 7.01. The third-order valence-electron chi connectivity index (χ3n) is 2.53. The molecule has 0 amide bonds. The van der Waals surface area contributed by atoms with Gasteiger partial charge in [0, 0.05) is 11.3 Å². The number of fused-ring (bicyclic) bond motifs is 1. The van der Waals surface area contributed by atoms with Crippen LogP contribution in [0.3, 0.4) is 0 Å². The van der Waals surface area contributed by atoms with Gasteiger partial charge in [0.15, 0.2) is 0 Å². The van der Waals surface area contributed by atoms with Crippen molar-refractivity contribution in [3.63, 3.8) is 0 Å². The SMILES string of the molecule is NC1c2ccccc2CC1[N+](=O)[O-]. The molecule has 1 aromatic rings. The van der Waals surface area contributed by atoms with Crippen LogP contribution in [0, 0.1) is 10.1 Å². The van der Waals surface area contributed by atoms with Crippen molar-refractivity contribution >= 4 is 0 Å². The molecule has 68 valence electrons. The predicted molar refractivity (Wildman–Crippen MR) is 47.9 cm³/mol. The molecule has 0 radical (unpaired) electrons. The Balaban J connectivity index is 2.38. The van der Waals surface area contributed by atoms with Gasteiger partial charge in [0.2, 0.25) is 6.04 Å². The van der Waals surface area contributed by atoms with Crippen LogP contribution in [0.4, 0.5) is 0 Å². The molecule has 1 aromatic carbocycles. The molecule has 4 heteroatoms. The van der Waals surface area contributed by atoms with E-state index in [1.807, 2.05) is 24.3 Å². The molecule has 2 rings (SSSR count). The number of nitrogens with zero attached hydrogens (tertiary/aromatic N) is 1. The Morgan fingerprint density at radius 1 is 1.46 bits per heavy atom. The normalized spacial score (nSPS) is 25.6. The summed E-state index contributed by atoms with van der Waals surface area (Å²) in [6, 6.07) is 6.43. The highest BCUT2D eigenvalue weighted by Crippen LogP contribution is 2.30. The summed E-state index contributed by atoms with van der Waals surface area (Å²) in [6.07, 6.45) is 0.463. The Morgan fingerprint density at radius 3 is 2.77 bits per heavy atom. The molecule has 4 nitrogen and oxygen atoms in total. The first kappa shape index (κ1) is 8.19. The van der Waals surface area contributed by atoms with E-state index in [4.69, 9.17) is 5.73 Å². The van der Waals surface area contributed by atoms with Gasteiger partial charge in [-0.2, -0.15) is 0 Å². The van der Waals surface area contributed by atoms with Gasteiger partial charge in [-0.05, 0) is 11.1 Å². The molecule has 0 aromatic heterocycles. The summed E-state index contributed by atoms with van der Waals surface area (Å²) in [7, 11) is 0. The van der Waals surface area contributed by atoms with Crippen LogP contribution in [0.5, 0.6) is 0 Å². The van der Waals surface area contributed by atoms with Crippen molar-refractivity contribution in [3.8, 4) is 0 Å². The molecule has 1 aliphatic carbocycles. The van der Waals surface area contributed by atoms with Crippen LogP contribution in [-0.4, -0.2) is 11.0 Å². The summed E-state index contributed by atoms with van der Waals surface area (Å²) in [6.45, 7) is 0. The molecular formula is C9H10N2O2. The number of rotatable bonds is 1. The Hall–Kier alpha value is -1.42. The van der Waals surface area contributed by atoms with Crippen LogP contribution >= 0.6 is 0 Å². The van der Waals surface area contributed by atoms with E-state index >= 15 is 0 Å². The van der Waals surface area contributed by atoms with Crippen molar-refractivity contribution in [3.05, 3.63) is 45.5 Å². The van der Waals surface area contributed by atoms with Crippen LogP contribution in [0.2, 0.25) is 0 Å². The Kier molecular flexibility index (Phi) is 1.77. The van der Waals surface area contributed by atoms with Crippen molar-refractivity contribution in [2.75, 3.05) is 0 Å². The molecule has 0 bridgehead atoms. The van der Waals surface area contributed by atoms with Gasteiger partial charge in [0.25, 0.3) is 0 Å². The van der Waals surface area contributed by atoms with E-state index in [1.54, 1.807) is 0 Å². The van der Waals surface area contributed by atoms with Gasteiger partial charge in [0.05, 0.1) is 6.04 Å². The lowest BCUT2D eigenvalue weighted by atomic mass is 10.1. The molecule has 2 atom stereocenters. The quantitative estimate of drug-likeness (QED) is 0.512. The van der Waals surface area contributed by atoms with E-state index in [-0.39, 0.29) is 4.92 Å². The fourth-order valence-electron chi connectivity index (χ4n) is 1.81. The summed E-state index contributed by atoms with van der Waals surface area (Å²) in [4.78, 5) is 10.3. The van der Waals surface area contributed by atoms with Crippen molar-refractivity contribution in [2.45, 2.75) is 18.5 Å². The van der Waals surface area contributed by atoms with Gasteiger partial charge in [-0.3, -0.25) is 10.1 Å². The van der Waals surface area contributed by atoms with Crippen molar-refractivity contribution in [1.29, 1.82) is 0 Å². The number of hydrogen-bond acceptors (Lipinski definition) is 3. The average molecular weight is 178 g/mol. The zero-order valence-corrected chi connectivity index (χ0v) is 7.01. The first-order valence-corrected chi connectivity index (χ1v) is 4.17. The maximum Gasteiger partial charge on any atom is 0.236 e. The fraction of sp³-hybridized carbons (Fsp3) is 0.333. The van der Waals surface area contributed by atoms with Gasteiger partial charge < -0.3 is 5.73 Å². The van der Waals surface area contributed by atoms with Crippen LogP contribution in [0.15, 0.2) is 24.3 Å². The van der Waals surface area contributed by atoms with Gasteiger partial charge in [-0.1, -0.05) is 24.3 Å². The Labute approximate surface area is 75.5 Å². The van der Waals surface area contributed by atoms with Gasteiger partial charge >= 0.3 is 0 Å². The van der Waals surface area contributed by atoms with E-state index in [2.05, 4.69) is 0 Å². The molecule has 2 unspecified atom stereocenters. The zero-order chi connectivity index (χ0) is 9.42. The largest absolute Gasteiger partial charge is 0.318 e. The van der Waals surface area contributed by atoms with E-state index < -0.39 is 12.1 Å². The second kappa shape index (κ2) is 2.81. The van der Waals surface area contributed by atoms with E-state index in [0.29, 0.717) is 6.42 Å². The van der Waals surface area contributed by atoms with Gasteiger partial charge in [-0.25, -0.2) is 0 Å². The standard InChI is InChI=1S/C9H10N2O2/c10-9-7-4-2-1-3-6(7)5-8(9)11(12)13/h1-4,8-9H,5,10H2. The van der Waals surface area contributed by atoms with Gasteiger partial charge in [-0.15, -0.1) is 0 Å². The van der Waals surface area contributed by atoms with Crippen LogP contribution in [0.1, 0.15) is 17.2 Å². The number of nitro groups is 1. The second-order valence-corrected chi connectivity index (χ2v) is 3.28. The minimum atomic E-state index is -0.641. The molecule has 0 saturated heterocycles. The first-order valence-electron chi connectivity index (χ1n) is 4.17. The molecular weight excluding hydrogens is 168 g/mol. The highest BCUT2D eigenvalue weighted by molar-refractivity contribution is 5.35. The topological polar surface area (TPSA) is 69.2 Å². The predicted octanol–water partition coefficient (Wildman–Crippen LogP) is 0.888. The number of benzene rings is 1. The molecule has 0 spiro atoms. The molecule has 2 N–H and O–H groups in total. The lowest BCUT2D eigenvalue weighted by molar-refractivity contribution is -0.524. The van der Waals surface area contributed by atoms with Crippen molar-refractivity contribution in [2.24, 2.45) is 5.73 Å². The van der Waals surface area contributed by atoms with E-state index in [9.17, 15) is 10.1 Å². The van der Waals surface area contributed by atoms with Gasteiger partial charge in [0.1, 0.15) is 0 Å². The van der Waals surface area contributed by atoms with Crippen LogP contribution in [0.25, 0.3) is 0 Å². The summed E-state index contributed by atoms with van der Waals surface area (Å²) >= 11 is 0. The molecule has 1 aliphatic rings. The minimum Gasteiger partial charge on any atom is -0.318 e. The number of nitrogens with two attached hydrogens (primary N) is 1. The van der Waals surface area contributed by atoms with Crippen molar-refractivity contribution in [1.82, 2.24) is 0 Å². The third kappa shape index (κ3) is 1.19. The maximum atomic E-state index is 10.6. The van der Waals surface area contributed by atoms with Crippen molar-refractivity contribution < 1.29 is 4.92 Å². The van der Waals surface area contributed by atoms with Crippen LogP contribution in [-0.2, 0) is 6.42 Å². The van der Waals surface area contributed by atoms with Crippen LogP contribution < -0.4 is 5.73 Å².